The molecule has 0 bridgehead atoms. The highest BCUT2D eigenvalue weighted by Gasteiger charge is 2.11. The molecule has 1 saturated heterocycles. The Kier molecular flexibility index (Phi) is 4.69. The van der Waals surface area contributed by atoms with Gasteiger partial charge >= 0.3 is 0 Å². The minimum atomic E-state index is 0.992. The Labute approximate surface area is 119 Å². The van der Waals surface area contributed by atoms with Crippen LogP contribution in [0.4, 0.5) is 0 Å². The summed E-state index contributed by atoms with van der Waals surface area (Å²) in [6.07, 6.45) is 6.09. The molecule has 2 rings (SSSR count). The van der Waals surface area contributed by atoms with Crippen molar-refractivity contribution in [1.29, 1.82) is 0 Å². The first-order valence-corrected chi connectivity index (χ1v) is 7.37. The third-order valence-corrected chi connectivity index (χ3v) is 4.12. The summed E-state index contributed by atoms with van der Waals surface area (Å²) in [6, 6.07) is 8.41. The Balaban J connectivity index is 2.39. The molecule has 0 unspecified atom stereocenters. The number of aryl methyl sites for hydroxylation is 1. The number of nitrogens with one attached hydrogen (secondary N) is 1. The van der Waals surface area contributed by atoms with E-state index in [0.29, 0.717) is 0 Å². The normalized spacial score (nSPS) is 18.3. The molecule has 0 amide bonds. The first-order chi connectivity index (χ1) is 9.22. The van der Waals surface area contributed by atoms with Crippen LogP contribution < -0.4 is 5.32 Å². The van der Waals surface area contributed by atoms with E-state index in [0.717, 1.165) is 18.0 Å². The first kappa shape index (κ1) is 13.8. The Morgan fingerprint density at radius 1 is 1.37 bits per heavy atom. The van der Waals surface area contributed by atoms with Crippen LogP contribution in [0.1, 0.15) is 11.1 Å². The number of benzene rings is 1. The fourth-order valence-electron chi connectivity index (χ4n) is 2.05. The predicted molar refractivity (Wildman–Crippen MR) is 87.0 cm³/mol. The summed E-state index contributed by atoms with van der Waals surface area (Å²) in [5.41, 5.74) is 4.71. The van der Waals surface area contributed by atoms with Crippen LogP contribution in [0.5, 0.6) is 0 Å². The minimum Gasteiger partial charge on any atom is -0.384 e. The number of rotatable bonds is 3. The maximum Gasteiger partial charge on any atom is 0.0405 e. The minimum absolute atomic E-state index is 0.992. The Hall–Kier alpha value is -1.67. The molecule has 0 saturated carbocycles. The number of thioether (sulfide) groups is 1. The van der Waals surface area contributed by atoms with Crippen molar-refractivity contribution in [3.05, 3.63) is 77.4 Å². The van der Waals surface area contributed by atoms with Crippen LogP contribution in [0.3, 0.4) is 0 Å². The van der Waals surface area contributed by atoms with Crippen LogP contribution >= 0.6 is 11.8 Å². The van der Waals surface area contributed by atoms with Gasteiger partial charge in [-0.3, -0.25) is 0 Å². The molecule has 1 N–H and O–H groups in total. The zero-order valence-electron chi connectivity index (χ0n) is 11.3. The van der Waals surface area contributed by atoms with Gasteiger partial charge < -0.3 is 5.32 Å². The van der Waals surface area contributed by atoms with Crippen molar-refractivity contribution in [3.63, 3.8) is 0 Å². The monoisotopic (exact) mass is 269 g/mol. The Morgan fingerprint density at radius 2 is 2.16 bits per heavy atom. The first-order valence-electron chi connectivity index (χ1n) is 6.38. The van der Waals surface area contributed by atoms with Crippen molar-refractivity contribution in [3.8, 4) is 0 Å². The van der Waals surface area contributed by atoms with E-state index in [1.165, 1.54) is 21.6 Å². The highest BCUT2D eigenvalue weighted by molar-refractivity contribution is 8.03. The molecule has 1 aliphatic heterocycles. The lowest BCUT2D eigenvalue weighted by molar-refractivity contribution is 0.875. The predicted octanol–water partition coefficient (Wildman–Crippen LogP) is 4.30. The van der Waals surface area contributed by atoms with Gasteiger partial charge in [-0.15, -0.1) is 11.8 Å². The van der Waals surface area contributed by atoms with E-state index in [-0.39, 0.29) is 0 Å². The fourth-order valence-corrected chi connectivity index (χ4v) is 2.93. The van der Waals surface area contributed by atoms with Crippen molar-refractivity contribution in [2.45, 2.75) is 6.92 Å². The van der Waals surface area contributed by atoms with E-state index in [1.54, 1.807) is 0 Å². The van der Waals surface area contributed by atoms with Crippen LogP contribution in [0.2, 0.25) is 0 Å². The van der Waals surface area contributed by atoms with E-state index in [1.807, 2.05) is 17.8 Å². The molecule has 0 spiro atoms. The molecule has 1 aliphatic rings. The van der Waals surface area contributed by atoms with Gasteiger partial charge in [-0.05, 0) is 29.7 Å². The quantitative estimate of drug-likeness (QED) is 0.821. The average molecular weight is 269 g/mol. The van der Waals surface area contributed by atoms with Gasteiger partial charge in [0.05, 0.1) is 0 Å². The van der Waals surface area contributed by atoms with Gasteiger partial charge in [-0.1, -0.05) is 49.6 Å². The van der Waals surface area contributed by atoms with Crippen LogP contribution in [-0.4, -0.2) is 12.3 Å². The van der Waals surface area contributed by atoms with Crippen molar-refractivity contribution < 1.29 is 0 Å². The topological polar surface area (TPSA) is 12.0 Å². The molecule has 1 aromatic carbocycles. The lowest BCUT2D eigenvalue weighted by Gasteiger charge is -2.19. The van der Waals surface area contributed by atoms with Crippen molar-refractivity contribution in [2.24, 2.45) is 0 Å². The van der Waals surface area contributed by atoms with Gasteiger partial charge in [-0.2, -0.15) is 0 Å². The number of hydrogen-bond donors (Lipinski definition) is 1. The maximum absolute atomic E-state index is 4.07. The van der Waals surface area contributed by atoms with Gasteiger partial charge in [-0.25, -0.2) is 0 Å². The Morgan fingerprint density at radius 3 is 2.84 bits per heavy atom. The molecule has 0 radical (unpaired) electrons. The molecule has 1 nitrogen and oxygen atoms in total. The van der Waals surface area contributed by atoms with Crippen LogP contribution in [0.15, 0.2) is 66.3 Å². The second-order valence-corrected chi connectivity index (χ2v) is 5.57. The van der Waals surface area contributed by atoms with E-state index < -0.39 is 0 Å². The molecule has 19 heavy (non-hydrogen) atoms. The molecule has 0 aliphatic carbocycles. The highest BCUT2D eigenvalue weighted by Crippen LogP contribution is 2.30. The molecule has 1 aromatic rings. The standard InChI is InChI=1S/C17H19NS/c1-4-7-15(16-9-6-5-8-13(16)2)12-17-14(3)18-10-11-19-17/h4-9,12,18H,1,3,10-11H2,2H3/b15-7-,17-12-. The SMILES string of the molecule is C=C/C=C(/C=C1\SCCNC1=C)c1ccccc1C. The van der Waals surface area contributed by atoms with Crippen molar-refractivity contribution in [1.82, 2.24) is 5.32 Å². The number of hydrogen-bond acceptors (Lipinski definition) is 2. The summed E-state index contributed by atoms with van der Waals surface area (Å²) < 4.78 is 0. The summed E-state index contributed by atoms with van der Waals surface area (Å²) in [7, 11) is 0. The molecular formula is C17H19NS. The average Bonchev–Trinajstić information content (AvgIpc) is 2.41. The molecule has 1 fully saturated rings. The zero-order chi connectivity index (χ0) is 13.7. The highest BCUT2D eigenvalue weighted by atomic mass is 32.2. The van der Waals surface area contributed by atoms with Gasteiger partial charge in [0.2, 0.25) is 0 Å². The van der Waals surface area contributed by atoms with Crippen LogP contribution in [-0.2, 0) is 0 Å². The summed E-state index contributed by atoms with van der Waals surface area (Å²) >= 11 is 1.85. The molecule has 0 aromatic heterocycles. The lowest BCUT2D eigenvalue weighted by Crippen LogP contribution is -2.21. The van der Waals surface area contributed by atoms with E-state index in [4.69, 9.17) is 0 Å². The number of allylic oxidation sites excluding steroid dienone is 4. The molecule has 98 valence electrons. The van der Waals surface area contributed by atoms with E-state index >= 15 is 0 Å². The van der Waals surface area contributed by atoms with E-state index in [9.17, 15) is 0 Å². The molecular weight excluding hydrogens is 250 g/mol. The zero-order valence-corrected chi connectivity index (χ0v) is 12.1. The Bertz CT molecular complexity index is 552. The second kappa shape index (κ2) is 6.48. The summed E-state index contributed by atoms with van der Waals surface area (Å²) in [6.45, 7) is 11.0. The van der Waals surface area contributed by atoms with Gasteiger partial charge in [0.15, 0.2) is 0 Å². The third kappa shape index (κ3) is 3.42. The largest absolute Gasteiger partial charge is 0.384 e. The maximum atomic E-state index is 4.07. The third-order valence-electron chi connectivity index (χ3n) is 3.04. The van der Waals surface area contributed by atoms with Crippen molar-refractivity contribution >= 4 is 17.3 Å². The van der Waals surface area contributed by atoms with Crippen LogP contribution in [0, 0.1) is 6.92 Å². The fraction of sp³-hybridized carbons (Fsp3) is 0.176. The summed E-state index contributed by atoms with van der Waals surface area (Å²) in [5, 5.41) is 3.31. The van der Waals surface area contributed by atoms with Crippen molar-refractivity contribution in [2.75, 3.05) is 12.3 Å². The summed E-state index contributed by atoms with van der Waals surface area (Å²) in [5.74, 6) is 1.08. The van der Waals surface area contributed by atoms with Gasteiger partial charge in [0.1, 0.15) is 0 Å². The molecule has 1 heterocycles. The summed E-state index contributed by atoms with van der Waals surface area (Å²) in [4.78, 5) is 1.21. The molecule has 2 heteroatoms. The second-order valence-electron chi connectivity index (χ2n) is 4.44. The smallest absolute Gasteiger partial charge is 0.0405 e. The van der Waals surface area contributed by atoms with Crippen LogP contribution in [0.25, 0.3) is 5.57 Å². The van der Waals surface area contributed by atoms with Gasteiger partial charge in [0.25, 0.3) is 0 Å². The van der Waals surface area contributed by atoms with E-state index in [2.05, 4.69) is 61.8 Å². The molecule has 0 atom stereocenters. The lowest BCUT2D eigenvalue weighted by atomic mass is 9.99. The van der Waals surface area contributed by atoms with Gasteiger partial charge in [0, 0.05) is 22.9 Å².